The summed E-state index contributed by atoms with van der Waals surface area (Å²) in [6.07, 6.45) is 10.1. The summed E-state index contributed by atoms with van der Waals surface area (Å²) in [5, 5.41) is 3.21. The number of ether oxygens (including phenoxy) is 2. The fourth-order valence-corrected chi connectivity index (χ4v) is 4.70. The predicted molar refractivity (Wildman–Crippen MR) is 129 cm³/mol. The quantitative estimate of drug-likeness (QED) is 0.558. The van der Waals surface area contributed by atoms with Crippen molar-refractivity contribution in [2.24, 2.45) is 0 Å². The van der Waals surface area contributed by atoms with E-state index in [-0.39, 0.29) is 36.9 Å². The molecule has 1 fully saturated rings. The number of carbonyl (C=O) groups is 2. The van der Waals surface area contributed by atoms with E-state index in [4.69, 9.17) is 9.47 Å². The monoisotopic (exact) mass is 472 g/mol. The van der Waals surface area contributed by atoms with Crippen LogP contribution in [0.3, 0.4) is 0 Å². The molecule has 1 saturated carbocycles. The molecule has 1 unspecified atom stereocenters. The maximum atomic E-state index is 13.8. The van der Waals surface area contributed by atoms with Crippen molar-refractivity contribution in [2.75, 3.05) is 6.79 Å². The molecule has 8 nitrogen and oxygen atoms in total. The summed E-state index contributed by atoms with van der Waals surface area (Å²) in [5.74, 6) is 0.758. The van der Waals surface area contributed by atoms with Gasteiger partial charge in [0.15, 0.2) is 11.5 Å². The van der Waals surface area contributed by atoms with Gasteiger partial charge in [0.2, 0.25) is 12.7 Å². The van der Waals surface area contributed by atoms with Crippen molar-refractivity contribution < 1.29 is 19.1 Å². The highest BCUT2D eigenvalue weighted by Gasteiger charge is 2.34. The molecule has 3 aromatic rings. The summed E-state index contributed by atoms with van der Waals surface area (Å²) in [4.78, 5) is 37.5. The van der Waals surface area contributed by atoms with Crippen LogP contribution >= 0.6 is 0 Å². The van der Waals surface area contributed by atoms with Crippen molar-refractivity contribution in [3.05, 3.63) is 83.9 Å². The van der Waals surface area contributed by atoms with Crippen LogP contribution in [0.25, 0.3) is 0 Å². The molecule has 0 saturated heterocycles. The molecule has 2 aromatic heterocycles. The maximum Gasteiger partial charge on any atom is 0.273 e. The Kier molecular flexibility index (Phi) is 6.88. The van der Waals surface area contributed by atoms with E-state index in [1.54, 1.807) is 53.8 Å². The van der Waals surface area contributed by atoms with Gasteiger partial charge in [-0.1, -0.05) is 31.4 Å². The smallest absolute Gasteiger partial charge is 0.273 e. The Bertz CT molecular complexity index is 1170. The topological polar surface area (TPSA) is 93.7 Å². The standard InChI is InChI=1S/C27H28N4O4/c32-26(30-21-6-2-1-3-7-21)25(20-11-14-28-15-12-20)31(27(33)22-8-4-5-13-29-22)17-19-9-10-23-24(16-19)35-18-34-23/h4-5,8-16,21,25H,1-3,6-7,17-18H2,(H,30,32). The Labute approximate surface area is 204 Å². The molecule has 1 atom stereocenters. The Morgan fingerprint density at radius 3 is 2.54 bits per heavy atom. The number of benzene rings is 1. The van der Waals surface area contributed by atoms with Gasteiger partial charge in [0.25, 0.3) is 5.91 Å². The molecular formula is C27H28N4O4. The van der Waals surface area contributed by atoms with Crippen LogP contribution in [0, 0.1) is 0 Å². The van der Waals surface area contributed by atoms with Crippen LogP contribution in [0.1, 0.15) is 59.8 Å². The average Bonchev–Trinajstić information content (AvgIpc) is 3.38. The van der Waals surface area contributed by atoms with E-state index < -0.39 is 6.04 Å². The third-order valence-electron chi connectivity index (χ3n) is 6.47. The van der Waals surface area contributed by atoms with Crippen LogP contribution in [-0.2, 0) is 11.3 Å². The first-order valence-electron chi connectivity index (χ1n) is 12.0. The number of aromatic nitrogens is 2. The lowest BCUT2D eigenvalue weighted by molar-refractivity contribution is -0.127. The second kappa shape index (κ2) is 10.5. The van der Waals surface area contributed by atoms with Gasteiger partial charge >= 0.3 is 0 Å². The molecule has 0 bridgehead atoms. The number of amides is 2. The van der Waals surface area contributed by atoms with Crippen LogP contribution in [0.2, 0.25) is 0 Å². The second-order valence-corrected chi connectivity index (χ2v) is 8.86. The molecule has 2 aliphatic rings. The second-order valence-electron chi connectivity index (χ2n) is 8.86. The number of nitrogens with one attached hydrogen (secondary N) is 1. The SMILES string of the molecule is O=C(NC1CCCCC1)C(c1ccncc1)N(Cc1ccc2c(c1)OCO2)C(=O)c1ccccn1. The lowest BCUT2D eigenvalue weighted by Crippen LogP contribution is -2.47. The first-order valence-corrected chi connectivity index (χ1v) is 12.0. The fourth-order valence-electron chi connectivity index (χ4n) is 4.70. The van der Waals surface area contributed by atoms with Gasteiger partial charge in [-0.2, -0.15) is 0 Å². The molecule has 2 amide bonds. The highest BCUT2D eigenvalue weighted by Crippen LogP contribution is 2.34. The van der Waals surface area contributed by atoms with E-state index in [0.717, 1.165) is 31.2 Å². The van der Waals surface area contributed by atoms with Gasteiger partial charge in [-0.3, -0.25) is 19.6 Å². The Balaban J connectivity index is 1.52. The minimum Gasteiger partial charge on any atom is -0.454 e. The third kappa shape index (κ3) is 5.26. The van der Waals surface area contributed by atoms with Crippen LogP contribution in [0.15, 0.2) is 67.1 Å². The minimum atomic E-state index is -0.847. The molecule has 0 spiro atoms. The van der Waals surface area contributed by atoms with Crippen molar-refractivity contribution in [1.82, 2.24) is 20.2 Å². The lowest BCUT2D eigenvalue weighted by Gasteiger charge is -2.33. The van der Waals surface area contributed by atoms with Gasteiger partial charge in [-0.15, -0.1) is 0 Å². The predicted octanol–water partition coefficient (Wildman–Crippen LogP) is 4.04. The Morgan fingerprint density at radius 1 is 0.971 bits per heavy atom. The molecule has 5 rings (SSSR count). The number of hydrogen-bond acceptors (Lipinski definition) is 6. The molecule has 1 aromatic carbocycles. The zero-order valence-corrected chi connectivity index (χ0v) is 19.4. The maximum absolute atomic E-state index is 13.8. The van der Waals surface area contributed by atoms with Crippen molar-refractivity contribution in [1.29, 1.82) is 0 Å². The summed E-state index contributed by atoms with van der Waals surface area (Å²) < 4.78 is 11.0. The zero-order valence-electron chi connectivity index (χ0n) is 19.4. The van der Waals surface area contributed by atoms with Crippen molar-refractivity contribution in [3.63, 3.8) is 0 Å². The largest absolute Gasteiger partial charge is 0.454 e. The van der Waals surface area contributed by atoms with Gasteiger partial charge in [-0.05, 0) is 60.4 Å². The molecule has 8 heteroatoms. The van der Waals surface area contributed by atoms with Gasteiger partial charge in [0.05, 0.1) is 0 Å². The molecule has 1 aliphatic heterocycles. The van der Waals surface area contributed by atoms with Crippen LogP contribution in [-0.4, -0.2) is 39.5 Å². The summed E-state index contributed by atoms with van der Waals surface area (Å²) in [6.45, 7) is 0.357. The molecule has 3 heterocycles. The van der Waals surface area contributed by atoms with Crippen LogP contribution in [0.4, 0.5) is 0 Å². The van der Waals surface area contributed by atoms with E-state index in [1.807, 2.05) is 18.2 Å². The summed E-state index contributed by atoms with van der Waals surface area (Å²) >= 11 is 0. The molecule has 1 N–H and O–H groups in total. The molecule has 0 radical (unpaired) electrons. The van der Waals surface area contributed by atoms with E-state index in [0.29, 0.717) is 17.1 Å². The van der Waals surface area contributed by atoms with E-state index in [2.05, 4.69) is 15.3 Å². The Morgan fingerprint density at radius 2 is 1.77 bits per heavy atom. The van der Waals surface area contributed by atoms with Crippen LogP contribution in [0.5, 0.6) is 11.5 Å². The van der Waals surface area contributed by atoms with Crippen LogP contribution < -0.4 is 14.8 Å². The third-order valence-corrected chi connectivity index (χ3v) is 6.47. The average molecular weight is 473 g/mol. The van der Waals surface area contributed by atoms with E-state index in [1.165, 1.54) is 6.42 Å². The van der Waals surface area contributed by atoms with Gasteiger partial charge < -0.3 is 19.7 Å². The first kappa shape index (κ1) is 22.8. The van der Waals surface area contributed by atoms with Gasteiger partial charge in [0, 0.05) is 31.2 Å². The van der Waals surface area contributed by atoms with Gasteiger partial charge in [0.1, 0.15) is 11.7 Å². The number of carbonyl (C=O) groups excluding carboxylic acids is 2. The lowest BCUT2D eigenvalue weighted by atomic mass is 9.94. The Hall–Kier alpha value is -3.94. The molecule has 1 aliphatic carbocycles. The summed E-state index contributed by atoms with van der Waals surface area (Å²) in [7, 11) is 0. The number of rotatable bonds is 7. The highest BCUT2D eigenvalue weighted by molar-refractivity contribution is 5.96. The van der Waals surface area contributed by atoms with Crippen molar-refractivity contribution >= 4 is 11.8 Å². The van der Waals surface area contributed by atoms with E-state index >= 15 is 0 Å². The minimum absolute atomic E-state index is 0.109. The number of pyridine rings is 2. The van der Waals surface area contributed by atoms with Crippen molar-refractivity contribution in [3.8, 4) is 11.5 Å². The molecular weight excluding hydrogens is 444 g/mol. The fraction of sp³-hybridized carbons (Fsp3) is 0.333. The van der Waals surface area contributed by atoms with Gasteiger partial charge in [-0.25, -0.2) is 0 Å². The van der Waals surface area contributed by atoms with Crippen molar-refractivity contribution in [2.45, 2.75) is 50.7 Å². The number of fused-ring (bicyclic) bond motifs is 1. The summed E-state index contributed by atoms with van der Waals surface area (Å²) in [5.41, 5.74) is 1.79. The first-order chi connectivity index (χ1) is 17.2. The number of hydrogen-bond donors (Lipinski definition) is 1. The zero-order chi connectivity index (χ0) is 24.0. The highest BCUT2D eigenvalue weighted by atomic mass is 16.7. The molecule has 180 valence electrons. The number of nitrogens with zero attached hydrogens (tertiary/aromatic N) is 3. The van der Waals surface area contributed by atoms with E-state index in [9.17, 15) is 9.59 Å². The summed E-state index contributed by atoms with van der Waals surface area (Å²) in [6, 6.07) is 13.6. The normalized spacial score (nSPS) is 15.9. The molecule has 35 heavy (non-hydrogen) atoms.